The van der Waals surface area contributed by atoms with E-state index in [2.05, 4.69) is 0 Å². The van der Waals surface area contributed by atoms with Gasteiger partial charge in [-0.25, -0.2) is 0 Å². The first kappa shape index (κ1) is 8.45. The molecule has 0 saturated heterocycles. The maximum absolute atomic E-state index is 10.6. The number of carbonyl (C=O) groups excluding carboxylic acids is 1. The van der Waals surface area contributed by atoms with E-state index in [1.807, 2.05) is 12.1 Å². The van der Waals surface area contributed by atoms with Crippen LogP contribution in [-0.2, 0) is 6.61 Å². The second-order valence-corrected chi connectivity index (χ2v) is 3.56. The summed E-state index contributed by atoms with van der Waals surface area (Å²) in [7, 11) is 0. The van der Waals surface area contributed by atoms with Crippen molar-refractivity contribution < 1.29 is 9.90 Å². The fourth-order valence-electron chi connectivity index (χ4n) is 1.56. The molecule has 68 valence electrons. The smallest absolute Gasteiger partial charge is 0.150 e. The van der Waals surface area contributed by atoms with Crippen molar-refractivity contribution in [2.75, 3.05) is 0 Å². The second-order valence-electron chi connectivity index (χ2n) is 3.56. The minimum atomic E-state index is 0.0153. The van der Waals surface area contributed by atoms with E-state index in [1.165, 1.54) is 18.4 Å². The lowest BCUT2D eigenvalue weighted by molar-refractivity contribution is 0.112. The molecule has 1 aliphatic rings. The minimum Gasteiger partial charge on any atom is -0.392 e. The monoisotopic (exact) mass is 176 g/mol. The molecule has 0 bridgehead atoms. The summed E-state index contributed by atoms with van der Waals surface area (Å²) in [6.07, 6.45) is 3.27. The largest absolute Gasteiger partial charge is 0.392 e. The molecular weight excluding hydrogens is 164 g/mol. The molecule has 0 aromatic heterocycles. The fourth-order valence-corrected chi connectivity index (χ4v) is 1.56. The predicted molar refractivity (Wildman–Crippen MR) is 49.7 cm³/mol. The SMILES string of the molecule is O=Cc1cc(CO)cc(C2CC2)c1. The van der Waals surface area contributed by atoms with Crippen LogP contribution in [0.1, 0.15) is 40.2 Å². The van der Waals surface area contributed by atoms with Gasteiger partial charge in [0.1, 0.15) is 6.29 Å². The van der Waals surface area contributed by atoms with Gasteiger partial charge in [0.25, 0.3) is 0 Å². The Labute approximate surface area is 77.2 Å². The Hall–Kier alpha value is -1.15. The van der Waals surface area contributed by atoms with Gasteiger partial charge in [0, 0.05) is 5.56 Å². The van der Waals surface area contributed by atoms with Crippen LogP contribution < -0.4 is 0 Å². The first-order valence-electron chi connectivity index (χ1n) is 4.53. The van der Waals surface area contributed by atoms with E-state index in [0.29, 0.717) is 11.5 Å². The molecule has 0 atom stereocenters. The van der Waals surface area contributed by atoms with E-state index in [-0.39, 0.29) is 6.61 Å². The number of rotatable bonds is 3. The topological polar surface area (TPSA) is 37.3 Å². The first-order chi connectivity index (χ1) is 6.33. The number of hydrogen-bond acceptors (Lipinski definition) is 2. The van der Waals surface area contributed by atoms with Gasteiger partial charge in [0.2, 0.25) is 0 Å². The summed E-state index contributed by atoms with van der Waals surface area (Å²) in [6, 6.07) is 5.65. The van der Waals surface area contributed by atoms with Crippen molar-refractivity contribution in [2.24, 2.45) is 0 Å². The Morgan fingerprint density at radius 1 is 1.38 bits per heavy atom. The van der Waals surface area contributed by atoms with Gasteiger partial charge >= 0.3 is 0 Å². The molecule has 13 heavy (non-hydrogen) atoms. The van der Waals surface area contributed by atoms with Gasteiger partial charge in [0.15, 0.2) is 0 Å². The van der Waals surface area contributed by atoms with Crippen LogP contribution in [-0.4, -0.2) is 11.4 Å². The van der Waals surface area contributed by atoms with E-state index in [0.717, 1.165) is 11.8 Å². The van der Waals surface area contributed by atoms with Crippen molar-refractivity contribution in [2.45, 2.75) is 25.4 Å². The van der Waals surface area contributed by atoms with Crippen molar-refractivity contribution in [3.05, 3.63) is 34.9 Å². The van der Waals surface area contributed by atoms with Crippen LogP contribution in [0.3, 0.4) is 0 Å². The quantitative estimate of drug-likeness (QED) is 0.714. The lowest BCUT2D eigenvalue weighted by Crippen LogP contribution is -1.91. The van der Waals surface area contributed by atoms with Crippen LogP contribution in [0.4, 0.5) is 0 Å². The normalized spacial score (nSPS) is 15.8. The van der Waals surface area contributed by atoms with Crippen molar-refractivity contribution in [3.63, 3.8) is 0 Å². The van der Waals surface area contributed by atoms with Crippen LogP contribution in [0.15, 0.2) is 18.2 Å². The Kier molecular flexibility index (Phi) is 2.15. The second kappa shape index (κ2) is 3.30. The van der Waals surface area contributed by atoms with E-state index in [1.54, 1.807) is 6.07 Å². The molecule has 0 aliphatic heterocycles. The highest BCUT2D eigenvalue weighted by atomic mass is 16.3. The van der Waals surface area contributed by atoms with Crippen molar-refractivity contribution in [3.8, 4) is 0 Å². The van der Waals surface area contributed by atoms with E-state index < -0.39 is 0 Å². The third-order valence-electron chi connectivity index (χ3n) is 2.40. The summed E-state index contributed by atoms with van der Waals surface area (Å²) < 4.78 is 0. The summed E-state index contributed by atoms with van der Waals surface area (Å²) >= 11 is 0. The average molecular weight is 176 g/mol. The molecule has 1 aromatic carbocycles. The molecule has 0 amide bonds. The summed E-state index contributed by atoms with van der Waals surface area (Å²) in [6.45, 7) is 0.0153. The van der Waals surface area contributed by atoms with Crippen LogP contribution in [0, 0.1) is 0 Å². The van der Waals surface area contributed by atoms with Crippen LogP contribution >= 0.6 is 0 Å². The van der Waals surface area contributed by atoms with Gasteiger partial charge in [-0.15, -0.1) is 0 Å². The number of aliphatic hydroxyl groups is 1. The van der Waals surface area contributed by atoms with Crippen LogP contribution in [0.25, 0.3) is 0 Å². The Bertz CT molecular complexity index is 327. The number of aldehydes is 1. The van der Waals surface area contributed by atoms with Crippen molar-refractivity contribution in [1.29, 1.82) is 0 Å². The number of carbonyl (C=O) groups is 1. The zero-order valence-electron chi connectivity index (χ0n) is 7.36. The zero-order valence-corrected chi connectivity index (χ0v) is 7.36. The molecule has 2 heteroatoms. The van der Waals surface area contributed by atoms with Gasteiger partial charge in [-0.3, -0.25) is 4.79 Å². The fraction of sp³-hybridized carbons (Fsp3) is 0.364. The summed E-state index contributed by atoms with van der Waals surface area (Å²) in [5, 5.41) is 8.97. The van der Waals surface area contributed by atoms with Crippen molar-refractivity contribution in [1.82, 2.24) is 0 Å². The molecular formula is C11H12O2. The average Bonchev–Trinajstić information content (AvgIpc) is 3.00. The molecule has 1 N–H and O–H groups in total. The highest BCUT2D eigenvalue weighted by Gasteiger charge is 2.23. The standard InChI is InChI=1S/C11H12O2/c12-6-8-3-9(7-13)5-11(4-8)10-1-2-10/h3-6,10,13H,1-2,7H2. The summed E-state index contributed by atoms with van der Waals surface area (Å²) in [4.78, 5) is 10.6. The van der Waals surface area contributed by atoms with Crippen LogP contribution in [0.2, 0.25) is 0 Å². The van der Waals surface area contributed by atoms with Gasteiger partial charge in [-0.1, -0.05) is 6.07 Å². The molecule has 0 heterocycles. The summed E-state index contributed by atoms with van der Waals surface area (Å²) in [5.74, 6) is 0.630. The number of hydrogen-bond donors (Lipinski definition) is 1. The Morgan fingerprint density at radius 2 is 2.15 bits per heavy atom. The van der Waals surface area contributed by atoms with Crippen molar-refractivity contribution >= 4 is 6.29 Å². The Morgan fingerprint density at radius 3 is 2.69 bits per heavy atom. The zero-order chi connectivity index (χ0) is 9.26. The van der Waals surface area contributed by atoms with E-state index in [4.69, 9.17) is 5.11 Å². The summed E-state index contributed by atoms with van der Waals surface area (Å²) in [5.41, 5.74) is 2.72. The lowest BCUT2D eigenvalue weighted by Gasteiger charge is -2.03. The third kappa shape index (κ3) is 1.78. The van der Waals surface area contributed by atoms with E-state index >= 15 is 0 Å². The molecule has 0 unspecified atom stereocenters. The molecule has 1 fully saturated rings. The molecule has 0 radical (unpaired) electrons. The first-order valence-corrected chi connectivity index (χ1v) is 4.53. The maximum atomic E-state index is 10.6. The highest BCUT2D eigenvalue weighted by Crippen LogP contribution is 2.40. The molecule has 1 aliphatic carbocycles. The van der Waals surface area contributed by atoms with Gasteiger partial charge in [0.05, 0.1) is 6.61 Å². The van der Waals surface area contributed by atoms with Gasteiger partial charge < -0.3 is 5.11 Å². The van der Waals surface area contributed by atoms with Gasteiger partial charge in [-0.05, 0) is 42.0 Å². The minimum absolute atomic E-state index is 0.0153. The van der Waals surface area contributed by atoms with Crippen LogP contribution in [0.5, 0.6) is 0 Å². The molecule has 1 aromatic rings. The molecule has 0 spiro atoms. The van der Waals surface area contributed by atoms with Gasteiger partial charge in [-0.2, -0.15) is 0 Å². The molecule has 2 rings (SSSR count). The van der Waals surface area contributed by atoms with E-state index in [9.17, 15) is 4.79 Å². The maximum Gasteiger partial charge on any atom is 0.150 e. The molecule has 2 nitrogen and oxygen atoms in total. The predicted octanol–water partition coefficient (Wildman–Crippen LogP) is 1.87. The third-order valence-corrected chi connectivity index (χ3v) is 2.40. The number of benzene rings is 1. The Balaban J connectivity index is 2.38. The highest BCUT2D eigenvalue weighted by molar-refractivity contribution is 5.75. The lowest BCUT2D eigenvalue weighted by atomic mass is 10.0. The number of aliphatic hydroxyl groups excluding tert-OH is 1. The molecule has 1 saturated carbocycles.